The second kappa shape index (κ2) is 21.4. The summed E-state index contributed by atoms with van der Waals surface area (Å²) in [6.45, 7) is 12.3. The molecule has 0 aromatic heterocycles. The first-order chi connectivity index (χ1) is 9.70. The van der Waals surface area contributed by atoms with Crippen LogP contribution >= 0.6 is 24.8 Å². The van der Waals surface area contributed by atoms with Crippen LogP contribution < -0.4 is 0 Å². The Balaban J connectivity index is -0.000000237. The lowest BCUT2D eigenvalue weighted by Gasteiger charge is -2.01. The third-order valence-corrected chi connectivity index (χ3v) is 3.44. The Morgan fingerprint density at radius 1 is 0.636 bits per heavy atom. The van der Waals surface area contributed by atoms with E-state index in [1.54, 1.807) is 0 Å². The largest absolute Gasteiger partial charge is 0.379 e. The maximum absolute atomic E-state index is 5.01. The Bertz CT molecular complexity index is 169. The molecule has 2 aliphatic rings. The molecular weight excluding hydrogens is 323 g/mol. The van der Waals surface area contributed by atoms with E-state index in [1.807, 2.05) is 13.8 Å². The molecule has 0 N–H and O–H groups in total. The van der Waals surface area contributed by atoms with Gasteiger partial charge < -0.3 is 19.3 Å². The summed E-state index contributed by atoms with van der Waals surface area (Å²) in [5.74, 6) is 0. The molecule has 6 heteroatoms. The first kappa shape index (κ1) is 27.3. The van der Waals surface area contributed by atoms with E-state index < -0.39 is 0 Å². The lowest BCUT2D eigenvalue weighted by atomic mass is 10.4. The third kappa shape index (κ3) is 20.4. The lowest BCUT2D eigenvalue weighted by molar-refractivity contribution is 0.0584. The van der Waals surface area contributed by atoms with Crippen LogP contribution in [0.3, 0.4) is 0 Å². The minimum atomic E-state index is 0. The van der Waals surface area contributed by atoms with E-state index in [2.05, 4.69) is 23.9 Å². The van der Waals surface area contributed by atoms with Crippen molar-refractivity contribution in [3.8, 4) is 0 Å². The van der Waals surface area contributed by atoms with Crippen molar-refractivity contribution in [1.82, 2.24) is 9.80 Å². The molecule has 0 amide bonds. The van der Waals surface area contributed by atoms with Crippen molar-refractivity contribution in [1.29, 1.82) is 0 Å². The van der Waals surface area contributed by atoms with Gasteiger partial charge in [0.15, 0.2) is 0 Å². The van der Waals surface area contributed by atoms with Gasteiger partial charge in [-0.05, 0) is 79.8 Å². The highest BCUT2D eigenvalue weighted by molar-refractivity contribution is 5.85. The number of hydrogen-bond donors (Lipinski definition) is 0. The maximum Gasteiger partial charge on any atom is 0.0700 e. The van der Waals surface area contributed by atoms with Gasteiger partial charge in [0.05, 0.1) is 13.2 Å². The van der Waals surface area contributed by atoms with E-state index >= 15 is 0 Å². The molecule has 0 aliphatic carbocycles. The number of nitrogens with zero attached hydrogens (tertiary/aromatic N) is 2. The monoisotopic (exact) mass is 360 g/mol. The first-order valence-corrected chi connectivity index (χ1v) is 8.23. The van der Waals surface area contributed by atoms with Gasteiger partial charge in [-0.1, -0.05) is 0 Å². The molecule has 138 valence electrons. The molecule has 2 aliphatic heterocycles. The molecule has 0 aromatic carbocycles. The Morgan fingerprint density at radius 2 is 0.909 bits per heavy atom. The van der Waals surface area contributed by atoms with Crippen LogP contribution in [-0.4, -0.2) is 76.5 Å². The van der Waals surface area contributed by atoms with Crippen LogP contribution in [0.15, 0.2) is 0 Å². The van der Waals surface area contributed by atoms with E-state index in [0.29, 0.717) is 0 Å². The molecule has 2 rings (SSSR count). The zero-order valence-electron chi connectivity index (χ0n) is 15.0. The Hall–Kier alpha value is 0.420. The molecule has 0 spiro atoms. The summed E-state index contributed by atoms with van der Waals surface area (Å²) >= 11 is 0. The summed E-state index contributed by atoms with van der Waals surface area (Å²) in [6.07, 6.45) is 5.65. The SMILES string of the molecule is CCOCCOCC.CN1CCCC1.CN1CCCC1.Cl.Cl. The summed E-state index contributed by atoms with van der Waals surface area (Å²) in [7, 11) is 4.35. The zero-order valence-corrected chi connectivity index (χ0v) is 16.6. The van der Waals surface area contributed by atoms with Crippen molar-refractivity contribution in [2.75, 3.05) is 66.7 Å². The van der Waals surface area contributed by atoms with Gasteiger partial charge in [0, 0.05) is 13.2 Å². The molecule has 0 saturated carbocycles. The van der Waals surface area contributed by atoms with E-state index in [9.17, 15) is 0 Å². The smallest absolute Gasteiger partial charge is 0.0700 e. The van der Waals surface area contributed by atoms with Crippen LogP contribution in [0.25, 0.3) is 0 Å². The average Bonchev–Trinajstić information content (AvgIpc) is 3.10. The molecule has 2 saturated heterocycles. The number of likely N-dealkylation sites (tertiary alicyclic amines) is 2. The fourth-order valence-electron chi connectivity index (χ4n) is 2.16. The van der Waals surface area contributed by atoms with E-state index in [0.717, 1.165) is 26.4 Å². The minimum Gasteiger partial charge on any atom is -0.379 e. The molecule has 0 unspecified atom stereocenters. The quantitative estimate of drug-likeness (QED) is 0.702. The second-order valence-electron chi connectivity index (χ2n) is 5.41. The van der Waals surface area contributed by atoms with Crippen LogP contribution in [0.5, 0.6) is 0 Å². The molecule has 2 heterocycles. The van der Waals surface area contributed by atoms with Crippen LogP contribution in [0, 0.1) is 0 Å². The second-order valence-corrected chi connectivity index (χ2v) is 5.41. The highest BCUT2D eigenvalue weighted by Gasteiger charge is 2.03. The van der Waals surface area contributed by atoms with E-state index in [1.165, 1.54) is 51.9 Å². The summed E-state index contributed by atoms with van der Waals surface area (Å²) in [4.78, 5) is 4.72. The number of halogens is 2. The third-order valence-electron chi connectivity index (χ3n) is 3.44. The van der Waals surface area contributed by atoms with Gasteiger partial charge in [0.25, 0.3) is 0 Å². The van der Waals surface area contributed by atoms with Gasteiger partial charge in [-0.25, -0.2) is 0 Å². The number of ether oxygens (including phenoxy) is 2. The molecular formula is C16H38Cl2N2O2. The Morgan fingerprint density at radius 3 is 1.05 bits per heavy atom. The molecule has 0 bridgehead atoms. The Labute approximate surface area is 150 Å². The Kier molecular flexibility index (Phi) is 26.6. The lowest BCUT2D eigenvalue weighted by Crippen LogP contribution is -2.10. The van der Waals surface area contributed by atoms with Gasteiger partial charge in [0.2, 0.25) is 0 Å². The predicted octanol–water partition coefficient (Wildman–Crippen LogP) is 3.33. The molecule has 0 atom stereocenters. The van der Waals surface area contributed by atoms with Crippen LogP contribution in [0.2, 0.25) is 0 Å². The summed E-state index contributed by atoms with van der Waals surface area (Å²) in [5.41, 5.74) is 0. The number of hydrogen-bond acceptors (Lipinski definition) is 4. The summed E-state index contributed by atoms with van der Waals surface area (Å²) in [6, 6.07) is 0. The van der Waals surface area contributed by atoms with E-state index in [-0.39, 0.29) is 24.8 Å². The van der Waals surface area contributed by atoms with Crippen molar-refractivity contribution < 1.29 is 9.47 Å². The molecule has 22 heavy (non-hydrogen) atoms. The normalized spacial score (nSPS) is 17.5. The first-order valence-electron chi connectivity index (χ1n) is 8.23. The molecule has 0 radical (unpaired) electrons. The van der Waals surface area contributed by atoms with Gasteiger partial charge in [-0.15, -0.1) is 24.8 Å². The molecule has 0 aromatic rings. The van der Waals surface area contributed by atoms with Crippen LogP contribution in [0.1, 0.15) is 39.5 Å². The molecule has 2 fully saturated rings. The van der Waals surface area contributed by atoms with Gasteiger partial charge >= 0.3 is 0 Å². The maximum atomic E-state index is 5.01. The minimum absolute atomic E-state index is 0. The highest BCUT2D eigenvalue weighted by atomic mass is 35.5. The standard InChI is InChI=1S/C6H14O2.2C5H11N.2ClH/c1-3-7-5-6-8-4-2;2*1-6-4-2-3-5-6;;/h3-6H2,1-2H3;2*2-5H2,1H3;2*1H. The summed E-state index contributed by atoms with van der Waals surface area (Å²) < 4.78 is 10.0. The van der Waals surface area contributed by atoms with Gasteiger partial charge in [-0.3, -0.25) is 0 Å². The van der Waals surface area contributed by atoms with E-state index in [4.69, 9.17) is 9.47 Å². The highest BCUT2D eigenvalue weighted by Crippen LogP contribution is 2.02. The fourth-order valence-corrected chi connectivity index (χ4v) is 2.16. The van der Waals surface area contributed by atoms with Crippen molar-refractivity contribution in [2.45, 2.75) is 39.5 Å². The van der Waals surface area contributed by atoms with Crippen molar-refractivity contribution >= 4 is 24.8 Å². The number of rotatable bonds is 5. The fraction of sp³-hybridized carbons (Fsp3) is 1.00. The van der Waals surface area contributed by atoms with Crippen molar-refractivity contribution in [3.05, 3.63) is 0 Å². The summed E-state index contributed by atoms with van der Waals surface area (Å²) in [5, 5.41) is 0. The predicted molar refractivity (Wildman–Crippen MR) is 101 cm³/mol. The average molecular weight is 361 g/mol. The van der Waals surface area contributed by atoms with Crippen LogP contribution in [-0.2, 0) is 9.47 Å². The van der Waals surface area contributed by atoms with Crippen molar-refractivity contribution in [2.24, 2.45) is 0 Å². The van der Waals surface area contributed by atoms with Crippen LogP contribution in [0.4, 0.5) is 0 Å². The van der Waals surface area contributed by atoms with Gasteiger partial charge in [0.1, 0.15) is 0 Å². The molecule has 4 nitrogen and oxygen atoms in total. The van der Waals surface area contributed by atoms with Gasteiger partial charge in [-0.2, -0.15) is 0 Å². The zero-order chi connectivity index (χ0) is 15.1. The topological polar surface area (TPSA) is 24.9 Å². The van der Waals surface area contributed by atoms with Crippen molar-refractivity contribution in [3.63, 3.8) is 0 Å².